The van der Waals surface area contributed by atoms with E-state index in [0.29, 0.717) is 29.5 Å². The van der Waals surface area contributed by atoms with Gasteiger partial charge in [0.2, 0.25) is 0 Å². The summed E-state index contributed by atoms with van der Waals surface area (Å²) in [7, 11) is 0. The minimum Gasteiger partial charge on any atom is -0.321 e. The minimum atomic E-state index is -0.300. The van der Waals surface area contributed by atoms with Crippen LogP contribution in [0.3, 0.4) is 0 Å². The quantitative estimate of drug-likeness (QED) is 0.693. The highest BCUT2D eigenvalue weighted by atomic mass is 16.1. The Kier molecular flexibility index (Phi) is 4.84. The summed E-state index contributed by atoms with van der Waals surface area (Å²) < 4.78 is 2.08. The first-order chi connectivity index (χ1) is 15.2. The maximum absolute atomic E-state index is 12.8. The second kappa shape index (κ2) is 7.95. The number of nitrogens with zero attached hydrogens (tertiary/aromatic N) is 6. The summed E-state index contributed by atoms with van der Waals surface area (Å²) in [6.07, 6.45) is 9.08. The van der Waals surface area contributed by atoms with Gasteiger partial charge in [-0.05, 0) is 42.7 Å². The van der Waals surface area contributed by atoms with Gasteiger partial charge in [-0.2, -0.15) is 5.26 Å². The second-order valence-electron chi connectivity index (χ2n) is 7.64. The minimum absolute atomic E-state index is 0.0497. The molecule has 3 heterocycles. The molecule has 2 aliphatic rings. The van der Waals surface area contributed by atoms with E-state index in [1.54, 1.807) is 24.8 Å². The van der Waals surface area contributed by atoms with Gasteiger partial charge in [-0.25, -0.2) is 0 Å². The molecule has 2 aromatic heterocycles. The van der Waals surface area contributed by atoms with Gasteiger partial charge < -0.3 is 9.88 Å². The van der Waals surface area contributed by atoms with Crippen molar-refractivity contribution in [2.75, 3.05) is 11.9 Å². The molecule has 3 aromatic rings. The maximum atomic E-state index is 12.8. The van der Waals surface area contributed by atoms with Crippen LogP contribution < -0.4 is 5.32 Å². The third-order valence-corrected chi connectivity index (χ3v) is 5.38. The Labute approximate surface area is 179 Å². The Balaban J connectivity index is 1.35. The van der Waals surface area contributed by atoms with Crippen molar-refractivity contribution in [3.63, 3.8) is 0 Å². The van der Waals surface area contributed by atoms with Crippen molar-refractivity contribution in [3.8, 4) is 17.5 Å². The van der Waals surface area contributed by atoms with Crippen LogP contribution in [0.2, 0.25) is 0 Å². The van der Waals surface area contributed by atoms with Crippen molar-refractivity contribution in [3.05, 3.63) is 71.8 Å². The van der Waals surface area contributed by atoms with E-state index in [2.05, 4.69) is 36.1 Å². The lowest BCUT2D eigenvalue weighted by Gasteiger charge is -2.15. The van der Waals surface area contributed by atoms with E-state index in [4.69, 9.17) is 5.26 Å². The van der Waals surface area contributed by atoms with Gasteiger partial charge in [0.25, 0.3) is 5.91 Å². The maximum Gasteiger partial charge on any atom is 0.274 e. The normalized spacial score (nSPS) is 17.6. The lowest BCUT2D eigenvalue weighted by atomic mass is 9.95. The molecule has 1 amide bonds. The summed E-state index contributed by atoms with van der Waals surface area (Å²) in [5.41, 5.74) is 3.29. The van der Waals surface area contributed by atoms with Crippen molar-refractivity contribution >= 4 is 17.8 Å². The van der Waals surface area contributed by atoms with Crippen molar-refractivity contribution in [1.82, 2.24) is 19.7 Å². The fourth-order valence-electron chi connectivity index (χ4n) is 3.65. The molecular weight excluding hydrogens is 390 g/mol. The van der Waals surface area contributed by atoms with Crippen LogP contribution in [0.4, 0.5) is 5.69 Å². The van der Waals surface area contributed by atoms with Gasteiger partial charge in [0.05, 0.1) is 5.57 Å². The average Bonchev–Trinajstić information content (AvgIpc) is 3.55. The number of nitrogens with one attached hydrogen (secondary N) is 1. The average molecular weight is 409 g/mol. The summed E-state index contributed by atoms with van der Waals surface area (Å²) in [6, 6.07) is 13.7. The Morgan fingerprint density at radius 1 is 1.23 bits per heavy atom. The molecule has 1 unspecified atom stereocenters. The van der Waals surface area contributed by atoms with E-state index in [1.807, 2.05) is 36.4 Å². The molecule has 0 saturated heterocycles. The van der Waals surface area contributed by atoms with Crippen molar-refractivity contribution in [2.24, 2.45) is 4.99 Å². The highest BCUT2D eigenvalue weighted by Crippen LogP contribution is 2.37. The molecule has 1 saturated carbocycles. The number of hydrogen-bond acceptors (Lipinski definition) is 6. The number of nitriles is 1. The van der Waals surface area contributed by atoms with E-state index < -0.39 is 0 Å². The molecule has 0 bridgehead atoms. The number of rotatable bonds is 5. The van der Waals surface area contributed by atoms with Crippen LogP contribution in [0, 0.1) is 11.3 Å². The predicted molar refractivity (Wildman–Crippen MR) is 116 cm³/mol. The lowest BCUT2D eigenvalue weighted by molar-refractivity contribution is 0.102. The zero-order chi connectivity index (χ0) is 21.2. The smallest absolute Gasteiger partial charge is 0.274 e. The fourth-order valence-corrected chi connectivity index (χ4v) is 3.65. The van der Waals surface area contributed by atoms with Gasteiger partial charge in [0.1, 0.15) is 18.1 Å². The van der Waals surface area contributed by atoms with Gasteiger partial charge in [-0.3, -0.25) is 14.8 Å². The number of aromatic nitrogens is 4. The van der Waals surface area contributed by atoms with Crippen molar-refractivity contribution < 1.29 is 4.79 Å². The Hall–Kier alpha value is -4.12. The number of amides is 1. The van der Waals surface area contributed by atoms with Gasteiger partial charge in [0.15, 0.2) is 5.82 Å². The molecule has 0 spiro atoms. The first-order valence-corrected chi connectivity index (χ1v) is 10.1. The number of pyridine rings is 1. The van der Waals surface area contributed by atoms with Crippen LogP contribution in [0.15, 0.2) is 65.6 Å². The van der Waals surface area contributed by atoms with Gasteiger partial charge >= 0.3 is 0 Å². The molecule has 5 rings (SSSR count). The van der Waals surface area contributed by atoms with Crippen LogP contribution in [0.1, 0.15) is 40.9 Å². The van der Waals surface area contributed by atoms with E-state index in [0.717, 1.165) is 29.8 Å². The number of aliphatic imine (C=N–C) groups is 1. The number of anilines is 1. The summed E-state index contributed by atoms with van der Waals surface area (Å²) in [6.45, 7) is 0.542. The van der Waals surface area contributed by atoms with E-state index >= 15 is 0 Å². The van der Waals surface area contributed by atoms with Gasteiger partial charge in [-0.1, -0.05) is 18.2 Å². The summed E-state index contributed by atoms with van der Waals surface area (Å²) >= 11 is 0. The molecule has 8 heteroatoms. The molecule has 1 aromatic carbocycles. The zero-order valence-corrected chi connectivity index (χ0v) is 16.6. The zero-order valence-electron chi connectivity index (χ0n) is 16.6. The number of allylic oxidation sites excluding steroid dienone is 1. The third kappa shape index (κ3) is 3.98. The van der Waals surface area contributed by atoms with Crippen molar-refractivity contribution in [1.29, 1.82) is 5.26 Å². The topological polar surface area (TPSA) is 109 Å². The molecule has 0 radical (unpaired) electrons. The second-order valence-corrected chi connectivity index (χ2v) is 7.64. The third-order valence-electron chi connectivity index (χ3n) is 5.38. The molecule has 1 atom stereocenters. The van der Waals surface area contributed by atoms with Crippen LogP contribution in [0.25, 0.3) is 11.4 Å². The lowest BCUT2D eigenvalue weighted by Crippen LogP contribution is -2.15. The Morgan fingerprint density at radius 3 is 2.97 bits per heavy atom. The van der Waals surface area contributed by atoms with Gasteiger partial charge in [-0.15, -0.1) is 10.2 Å². The Bertz CT molecular complexity index is 1250. The highest BCUT2D eigenvalue weighted by molar-refractivity contribution is 6.03. The number of dihydropyridines is 1. The molecule has 1 N–H and O–H groups in total. The molecule has 152 valence electrons. The molecule has 1 aliphatic carbocycles. The summed E-state index contributed by atoms with van der Waals surface area (Å²) in [5, 5.41) is 20.3. The molecule has 1 aliphatic heterocycles. The number of carbonyl (C=O) groups is 1. The molecule has 8 nitrogen and oxygen atoms in total. The van der Waals surface area contributed by atoms with Crippen molar-refractivity contribution in [2.45, 2.75) is 24.8 Å². The standard InChI is InChI=1S/C23H19N7O/c24-11-15-8-18(13-25-12-15)16-6-7-26-21(10-16)23(31)28-19-3-1-2-17(9-19)22-29-27-14-30(22)20-4-5-20/h1-3,6-10,12,14,18,20H,4-5,13H2,(H,28,31). The first-order valence-electron chi connectivity index (χ1n) is 10.1. The Morgan fingerprint density at radius 2 is 2.13 bits per heavy atom. The predicted octanol–water partition coefficient (Wildman–Crippen LogP) is 3.55. The first kappa shape index (κ1) is 18.9. The monoisotopic (exact) mass is 409 g/mol. The fraction of sp³-hybridized carbons (Fsp3) is 0.217. The number of benzene rings is 1. The largest absolute Gasteiger partial charge is 0.321 e. The molecule has 31 heavy (non-hydrogen) atoms. The highest BCUT2D eigenvalue weighted by Gasteiger charge is 2.26. The molecular formula is C23H19N7O. The number of hydrogen-bond donors (Lipinski definition) is 1. The van der Waals surface area contributed by atoms with E-state index in [-0.39, 0.29) is 11.8 Å². The summed E-state index contributed by atoms with van der Waals surface area (Å²) in [4.78, 5) is 21.3. The number of carbonyl (C=O) groups excluding carboxylic acids is 1. The van der Waals surface area contributed by atoms with Crippen LogP contribution in [-0.4, -0.2) is 38.4 Å². The van der Waals surface area contributed by atoms with Gasteiger partial charge in [0, 0.05) is 42.2 Å². The van der Waals surface area contributed by atoms with Crippen LogP contribution >= 0.6 is 0 Å². The summed E-state index contributed by atoms with van der Waals surface area (Å²) in [5.74, 6) is 0.453. The SMILES string of the molecule is N#CC1=CC(c2ccnc(C(=O)Nc3cccc(-c4nncn4C4CC4)c3)c2)CN=C1. The molecule has 1 fully saturated rings. The van der Waals surface area contributed by atoms with Crippen LogP contribution in [-0.2, 0) is 0 Å². The van der Waals surface area contributed by atoms with E-state index in [1.165, 1.54) is 0 Å². The van der Waals surface area contributed by atoms with Crippen LogP contribution in [0.5, 0.6) is 0 Å². The van der Waals surface area contributed by atoms with E-state index in [9.17, 15) is 4.79 Å².